The minimum Gasteiger partial charge on any atom is -0.326 e. The van der Waals surface area contributed by atoms with Gasteiger partial charge in [0, 0.05) is 23.8 Å². The number of sulfonamides is 1. The first-order chi connectivity index (χ1) is 22.2. The second-order valence-corrected chi connectivity index (χ2v) is 14.8. The van der Waals surface area contributed by atoms with Crippen LogP contribution in [0.5, 0.6) is 0 Å². The Balaban J connectivity index is 1.39. The van der Waals surface area contributed by atoms with Gasteiger partial charge in [-0.2, -0.15) is 5.10 Å². The molecule has 1 saturated carbocycles. The van der Waals surface area contributed by atoms with Gasteiger partial charge in [-0.05, 0) is 68.9 Å². The number of anilines is 1. The van der Waals surface area contributed by atoms with E-state index >= 15 is 8.42 Å². The molecule has 0 saturated heterocycles. The van der Waals surface area contributed by atoms with E-state index in [4.69, 9.17) is 5.10 Å². The number of carbonyl (C=O) groups excluding carboxylic acids is 1. The molecule has 10 heteroatoms. The first kappa shape index (κ1) is 32.1. The van der Waals surface area contributed by atoms with Crippen LogP contribution >= 0.6 is 0 Å². The highest BCUT2D eigenvalue weighted by Gasteiger charge is 2.38. The molecule has 0 bridgehead atoms. The number of benzene rings is 3. The summed E-state index contributed by atoms with van der Waals surface area (Å²) < 4.78 is 33.6. The van der Waals surface area contributed by atoms with Crippen LogP contribution < -0.4 is 5.32 Å². The molecule has 0 unspecified atom stereocenters. The van der Waals surface area contributed by atoms with Crippen molar-refractivity contribution in [1.29, 1.82) is 0 Å². The molecule has 1 amide bonds. The molecular weight excluding hydrogens is 590 g/mol. The Morgan fingerprint density at radius 2 is 1.54 bits per heavy atom. The topological polar surface area (TPSA) is 84.3 Å². The molecule has 0 aliphatic heterocycles. The quantitative estimate of drug-likeness (QED) is 0.158. The molecule has 6 rings (SSSR count). The summed E-state index contributed by atoms with van der Waals surface area (Å²) >= 11 is 0. The van der Waals surface area contributed by atoms with Crippen molar-refractivity contribution in [2.24, 2.45) is 5.92 Å². The van der Waals surface area contributed by atoms with E-state index < -0.39 is 10.0 Å². The summed E-state index contributed by atoms with van der Waals surface area (Å²) in [6, 6.07) is 23.5. The number of amides is 1. The zero-order chi connectivity index (χ0) is 32.3. The van der Waals surface area contributed by atoms with Gasteiger partial charge >= 0.3 is 0 Å². The maximum absolute atomic E-state index is 15.0. The van der Waals surface area contributed by atoms with E-state index in [1.165, 1.54) is 0 Å². The Morgan fingerprint density at radius 1 is 0.935 bits per heavy atom. The van der Waals surface area contributed by atoms with Gasteiger partial charge in [-0.3, -0.25) is 13.6 Å². The summed E-state index contributed by atoms with van der Waals surface area (Å²) in [7, 11) is -4.05. The van der Waals surface area contributed by atoms with Crippen molar-refractivity contribution in [3.63, 3.8) is 0 Å². The number of aromatic nitrogens is 2. The SMILES string of the molecule is CB(Cc1ccccc1)N(B(C)Cc1ccccc1)S(=O)(=O)c1cc(NC(=O)CC2=CCCC=C2C)cc2nn(CC3CC3)cc12. The minimum atomic E-state index is -4.05. The van der Waals surface area contributed by atoms with Crippen LogP contribution in [-0.4, -0.2) is 41.9 Å². The third kappa shape index (κ3) is 7.56. The van der Waals surface area contributed by atoms with E-state index in [-0.39, 0.29) is 30.9 Å². The Kier molecular flexibility index (Phi) is 9.66. The summed E-state index contributed by atoms with van der Waals surface area (Å²) in [5, 5.41) is 8.40. The maximum atomic E-state index is 15.0. The van der Waals surface area contributed by atoms with E-state index in [0.29, 0.717) is 35.1 Å². The molecule has 1 N–H and O–H groups in total. The van der Waals surface area contributed by atoms with Crippen molar-refractivity contribution in [3.05, 3.63) is 113 Å². The zero-order valence-corrected chi connectivity index (χ0v) is 27.8. The van der Waals surface area contributed by atoms with Crippen LogP contribution in [0, 0.1) is 5.92 Å². The fourth-order valence-corrected chi connectivity index (χ4v) is 8.67. The Labute approximate surface area is 274 Å². The van der Waals surface area contributed by atoms with Gasteiger partial charge < -0.3 is 5.32 Å². The number of nitrogens with zero attached hydrogens (tertiary/aromatic N) is 3. The van der Waals surface area contributed by atoms with Crippen molar-refractivity contribution < 1.29 is 13.2 Å². The summed E-state index contributed by atoms with van der Waals surface area (Å²) in [5.41, 5.74) is 5.30. The smallest absolute Gasteiger partial charge is 0.229 e. The predicted molar refractivity (Wildman–Crippen MR) is 189 cm³/mol. The van der Waals surface area contributed by atoms with Crippen molar-refractivity contribution >= 4 is 46.2 Å². The van der Waals surface area contributed by atoms with Gasteiger partial charge in [-0.25, -0.2) is 8.42 Å². The Morgan fingerprint density at radius 3 is 2.13 bits per heavy atom. The molecule has 0 spiro atoms. The number of hydrogen-bond donors (Lipinski definition) is 1. The average molecular weight is 632 g/mol. The van der Waals surface area contributed by atoms with Gasteiger partial charge in [0.2, 0.25) is 29.6 Å². The molecule has 4 aromatic rings. The van der Waals surface area contributed by atoms with Crippen LogP contribution in [0.3, 0.4) is 0 Å². The van der Waals surface area contributed by atoms with E-state index in [2.05, 4.69) is 17.5 Å². The molecular formula is C36H42B2N4O3S. The molecule has 0 atom stereocenters. The molecule has 7 nitrogen and oxygen atoms in total. The van der Waals surface area contributed by atoms with Gasteiger partial charge in [-0.1, -0.05) is 103 Å². The van der Waals surface area contributed by atoms with Crippen LogP contribution in [0.4, 0.5) is 5.69 Å². The molecule has 1 fully saturated rings. The third-order valence-electron chi connectivity index (χ3n) is 9.10. The monoisotopic (exact) mass is 632 g/mol. The first-order valence-electron chi connectivity index (χ1n) is 16.5. The van der Waals surface area contributed by atoms with Crippen LogP contribution in [0.15, 0.2) is 107 Å². The summed E-state index contributed by atoms with van der Waals surface area (Å²) in [4.78, 5) is 13.5. The maximum Gasteiger partial charge on any atom is 0.229 e. The second-order valence-electron chi connectivity index (χ2n) is 13.0. The fourth-order valence-electron chi connectivity index (χ4n) is 6.64. The largest absolute Gasteiger partial charge is 0.326 e. The van der Waals surface area contributed by atoms with Gasteiger partial charge in [0.1, 0.15) is 0 Å². The highest BCUT2D eigenvalue weighted by Crippen LogP contribution is 2.34. The zero-order valence-electron chi connectivity index (χ0n) is 27.0. The van der Waals surface area contributed by atoms with E-state index in [0.717, 1.165) is 54.5 Å². The lowest BCUT2D eigenvalue weighted by atomic mass is 9.48. The van der Waals surface area contributed by atoms with Gasteiger partial charge in [0.15, 0.2) is 0 Å². The molecule has 46 heavy (non-hydrogen) atoms. The molecule has 1 aromatic heterocycles. The summed E-state index contributed by atoms with van der Waals surface area (Å²) in [6.45, 7) is 6.11. The molecule has 2 aliphatic carbocycles. The van der Waals surface area contributed by atoms with Crippen LogP contribution in [0.2, 0.25) is 13.6 Å². The lowest BCUT2D eigenvalue weighted by molar-refractivity contribution is -0.115. The predicted octanol–water partition coefficient (Wildman–Crippen LogP) is 7.24. The van der Waals surface area contributed by atoms with E-state index in [1.54, 1.807) is 16.3 Å². The standard InChI is InChI=1S/C36H42B2N4O3S/c1-27-12-10-11-17-31(27)20-36(43)39-32-21-34-33(26-41(40-34)25-30-18-19-30)35(22-32)46(44,45)42(37(2)23-28-13-6-4-7-14-28)38(3)24-29-15-8-5-9-16-29/h4-9,12-17,21-22,26,30H,10-11,18-20,23-25H2,1-3H3,(H,39,43). The highest BCUT2D eigenvalue weighted by atomic mass is 32.2. The molecule has 236 valence electrons. The molecule has 1 heterocycles. The van der Waals surface area contributed by atoms with E-state index in [1.807, 2.05) is 92.1 Å². The third-order valence-corrected chi connectivity index (χ3v) is 11.3. The number of allylic oxidation sites excluding steroid dienone is 3. The van der Waals surface area contributed by atoms with Gasteiger partial charge in [0.05, 0.1) is 16.8 Å². The molecule has 0 radical (unpaired) electrons. The Bertz CT molecular complexity index is 1820. The number of fused-ring (bicyclic) bond motifs is 1. The van der Waals surface area contributed by atoms with E-state index in [9.17, 15) is 4.79 Å². The summed E-state index contributed by atoms with van der Waals surface area (Å²) in [5.74, 6) is 0.398. The number of hydrogen-bond acceptors (Lipinski definition) is 4. The molecule has 3 aromatic carbocycles. The normalized spacial score (nSPS) is 15.0. The first-order valence-corrected chi connectivity index (χ1v) is 17.9. The van der Waals surface area contributed by atoms with Crippen LogP contribution in [-0.2, 0) is 34.0 Å². The molecule has 2 aliphatic rings. The number of nitrogens with one attached hydrogen (secondary N) is 1. The average Bonchev–Trinajstić information content (AvgIpc) is 3.75. The van der Waals surface area contributed by atoms with Crippen molar-refractivity contribution in [2.75, 3.05) is 5.32 Å². The fraction of sp³-hybridized carbons (Fsp3) is 0.333. The Hall–Kier alpha value is -3.88. The van der Waals surface area contributed by atoms with Crippen molar-refractivity contribution in [1.82, 2.24) is 13.9 Å². The number of carbonyl (C=O) groups is 1. The van der Waals surface area contributed by atoms with Gasteiger partial charge in [0.25, 0.3) is 0 Å². The van der Waals surface area contributed by atoms with Crippen molar-refractivity contribution in [3.8, 4) is 0 Å². The number of rotatable bonds is 13. The lowest BCUT2D eigenvalue weighted by Crippen LogP contribution is -2.52. The van der Waals surface area contributed by atoms with Gasteiger partial charge in [-0.15, -0.1) is 0 Å². The van der Waals surface area contributed by atoms with Crippen LogP contribution in [0.25, 0.3) is 10.9 Å². The summed E-state index contributed by atoms with van der Waals surface area (Å²) in [6.07, 6.45) is 11.8. The lowest BCUT2D eigenvalue weighted by Gasteiger charge is -2.31. The highest BCUT2D eigenvalue weighted by molar-refractivity contribution is 7.91. The minimum absolute atomic E-state index is 0.173. The van der Waals surface area contributed by atoms with Crippen LogP contribution in [0.1, 0.15) is 50.2 Å². The van der Waals surface area contributed by atoms with Crippen molar-refractivity contribution in [2.45, 2.75) is 76.8 Å². The second kappa shape index (κ2) is 13.9.